The van der Waals surface area contributed by atoms with Gasteiger partial charge in [0.2, 0.25) is 0 Å². The number of thioether (sulfide) groups is 1. The molecule has 17 heavy (non-hydrogen) atoms. The van der Waals surface area contributed by atoms with Gasteiger partial charge < -0.3 is 10.0 Å². The van der Waals surface area contributed by atoms with E-state index in [1.165, 1.54) is 16.7 Å². The number of aliphatic carboxylic acids is 1. The second kappa shape index (κ2) is 3.48. The van der Waals surface area contributed by atoms with Crippen molar-refractivity contribution in [3.63, 3.8) is 0 Å². The number of fused-ring (bicyclic) bond motifs is 1. The van der Waals surface area contributed by atoms with Gasteiger partial charge in [-0.15, -0.1) is 11.8 Å². The first-order chi connectivity index (χ1) is 7.75. The lowest BCUT2D eigenvalue weighted by molar-refractivity contribution is -0.164. The molecule has 0 aromatic carbocycles. The third-order valence-corrected chi connectivity index (χ3v) is 5.12. The van der Waals surface area contributed by atoms with Crippen LogP contribution < -0.4 is 0 Å². The normalized spacial score (nSPS) is 39.3. The predicted octanol–water partition coefficient (Wildman–Crippen LogP) is 0.983. The quantitative estimate of drug-likeness (QED) is 0.590. The fourth-order valence-electron chi connectivity index (χ4n) is 2.59. The van der Waals surface area contributed by atoms with Gasteiger partial charge >= 0.3 is 5.97 Å². The maximum absolute atomic E-state index is 12.1. The Morgan fingerprint density at radius 3 is 2.59 bits per heavy atom. The number of nitrogens with zero attached hydrogens (tertiary/aromatic N) is 2. The van der Waals surface area contributed by atoms with Crippen molar-refractivity contribution in [1.29, 1.82) is 0 Å². The molecule has 94 valence electrons. The molecule has 0 spiro atoms. The van der Waals surface area contributed by atoms with E-state index in [-0.39, 0.29) is 11.3 Å². The van der Waals surface area contributed by atoms with Crippen LogP contribution in [0.2, 0.25) is 0 Å². The molecule has 0 aliphatic carbocycles. The molecule has 0 aromatic rings. The third-order valence-electron chi connectivity index (χ3n) is 3.38. The number of carboxylic acid groups (broad SMARTS) is 1. The second-order valence-corrected chi connectivity index (χ2v) is 6.80. The number of carboxylic acids is 1. The molecule has 0 unspecified atom stereocenters. The van der Waals surface area contributed by atoms with Gasteiger partial charge in [0, 0.05) is 4.75 Å². The molecular formula is C11H16N2O3S. The largest absolute Gasteiger partial charge is 0.480 e. The van der Waals surface area contributed by atoms with Gasteiger partial charge in [0.1, 0.15) is 11.4 Å². The van der Waals surface area contributed by atoms with Crippen molar-refractivity contribution in [3.05, 3.63) is 0 Å². The minimum Gasteiger partial charge on any atom is -0.480 e. The third kappa shape index (κ3) is 1.43. The van der Waals surface area contributed by atoms with Gasteiger partial charge in [0.25, 0.3) is 5.91 Å². The molecule has 0 saturated carbocycles. The molecule has 0 aromatic heterocycles. The van der Waals surface area contributed by atoms with Gasteiger partial charge in [-0.05, 0) is 33.9 Å². The number of hydrogen-bond acceptors (Lipinski definition) is 4. The Bertz CT molecular complexity index is 421. The summed E-state index contributed by atoms with van der Waals surface area (Å²) in [5, 5.41) is 9.08. The van der Waals surface area contributed by atoms with Gasteiger partial charge in [0.15, 0.2) is 5.54 Å². The van der Waals surface area contributed by atoms with E-state index in [1.807, 2.05) is 13.8 Å². The van der Waals surface area contributed by atoms with Crippen molar-refractivity contribution < 1.29 is 14.7 Å². The zero-order chi connectivity index (χ0) is 13.0. The smallest absolute Gasteiger partial charge is 0.327 e. The fourth-order valence-corrected chi connectivity index (χ4v) is 4.23. The Hall–Kier alpha value is -1.04. The first-order valence-electron chi connectivity index (χ1n) is 5.49. The van der Waals surface area contributed by atoms with Crippen molar-refractivity contribution in [2.24, 2.45) is 4.99 Å². The number of aliphatic imine (C=N–C) groups is 1. The van der Waals surface area contributed by atoms with Crippen LogP contribution in [0.1, 0.15) is 27.7 Å². The van der Waals surface area contributed by atoms with Crippen LogP contribution in [0.4, 0.5) is 0 Å². The Balaban J connectivity index is 2.37. The van der Waals surface area contributed by atoms with Crippen molar-refractivity contribution in [3.8, 4) is 0 Å². The molecule has 5 nitrogen and oxygen atoms in total. The molecule has 6 heteroatoms. The molecule has 2 rings (SSSR count). The van der Waals surface area contributed by atoms with Crippen LogP contribution in [-0.2, 0) is 9.59 Å². The van der Waals surface area contributed by atoms with E-state index < -0.39 is 22.3 Å². The van der Waals surface area contributed by atoms with Crippen LogP contribution in [-0.4, -0.2) is 49.8 Å². The summed E-state index contributed by atoms with van der Waals surface area (Å²) in [6.07, 6.45) is 1.61. The minimum absolute atomic E-state index is 0.165. The topological polar surface area (TPSA) is 70.0 Å². The fraction of sp³-hybridized carbons (Fsp3) is 0.727. The maximum atomic E-state index is 12.1. The highest BCUT2D eigenvalue weighted by Gasteiger charge is 2.69. The lowest BCUT2D eigenvalue weighted by Gasteiger charge is -2.48. The molecule has 1 amide bonds. The summed E-state index contributed by atoms with van der Waals surface area (Å²) in [6, 6.07) is -0.759. The lowest BCUT2D eigenvalue weighted by Crippen LogP contribution is -2.71. The summed E-state index contributed by atoms with van der Waals surface area (Å²) >= 11 is 1.52. The van der Waals surface area contributed by atoms with Gasteiger partial charge in [-0.1, -0.05) is 0 Å². The summed E-state index contributed by atoms with van der Waals surface area (Å²) in [4.78, 5) is 29.0. The summed E-state index contributed by atoms with van der Waals surface area (Å²) < 4.78 is -0.479. The van der Waals surface area contributed by atoms with E-state index in [0.717, 1.165) is 0 Å². The number of carbonyl (C=O) groups excluding carboxylic acids is 1. The van der Waals surface area contributed by atoms with Crippen LogP contribution >= 0.6 is 11.8 Å². The Morgan fingerprint density at radius 1 is 1.53 bits per heavy atom. The molecule has 2 heterocycles. The molecule has 3 atom stereocenters. The minimum atomic E-state index is -0.944. The van der Waals surface area contributed by atoms with Gasteiger partial charge in [-0.3, -0.25) is 9.79 Å². The number of hydrogen-bond donors (Lipinski definition) is 1. The summed E-state index contributed by atoms with van der Waals surface area (Å²) in [7, 11) is 0. The zero-order valence-corrected chi connectivity index (χ0v) is 11.1. The van der Waals surface area contributed by atoms with E-state index >= 15 is 0 Å². The number of carbonyl (C=O) groups is 2. The summed E-state index contributed by atoms with van der Waals surface area (Å²) in [5.74, 6) is -1.13. The van der Waals surface area contributed by atoms with E-state index in [1.54, 1.807) is 20.1 Å². The van der Waals surface area contributed by atoms with Crippen LogP contribution in [0.15, 0.2) is 4.99 Å². The average molecular weight is 256 g/mol. The molecule has 1 N–H and O–H groups in total. The van der Waals surface area contributed by atoms with Gasteiger partial charge in [-0.25, -0.2) is 4.79 Å². The molecule has 0 bridgehead atoms. The van der Waals surface area contributed by atoms with Gasteiger partial charge in [0.05, 0.1) is 0 Å². The Morgan fingerprint density at radius 2 is 2.12 bits per heavy atom. The number of β-lactam (4-membered cyclic amide) rings is 1. The van der Waals surface area contributed by atoms with Crippen LogP contribution in [0.5, 0.6) is 0 Å². The first-order valence-corrected chi connectivity index (χ1v) is 6.37. The van der Waals surface area contributed by atoms with Crippen molar-refractivity contribution >= 4 is 29.9 Å². The van der Waals surface area contributed by atoms with E-state index in [9.17, 15) is 14.7 Å². The monoisotopic (exact) mass is 256 g/mol. The molecule has 2 fully saturated rings. The molecule has 2 aliphatic heterocycles. The van der Waals surface area contributed by atoms with Crippen LogP contribution in [0, 0.1) is 0 Å². The lowest BCUT2D eigenvalue weighted by atomic mass is 9.87. The number of rotatable bonds is 2. The summed E-state index contributed by atoms with van der Waals surface area (Å²) in [6.45, 7) is 7.25. The molecule has 2 saturated heterocycles. The SMILES string of the molecule is CC=N[C@@]1(C)C(=O)N2[C@@H](C(=O)O)C(C)(C)S[C@@H]21. The predicted molar refractivity (Wildman–Crippen MR) is 66.3 cm³/mol. The van der Waals surface area contributed by atoms with E-state index in [0.29, 0.717) is 0 Å². The van der Waals surface area contributed by atoms with E-state index in [2.05, 4.69) is 4.99 Å². The number of amides is 1. The molecule has 0 radical (unpaired) electrons. The van der Waals surface area contributed by atoms with Crippen molar-refractivity contribution in [2.75, 3.05) is 0 Å². The first kappa shape index (κ1) is 12.4. The van der Waals surface area contributed by atoms with Crippen molar-refractivity contribution in [2.45, 2.75) is 49.4 Å². The summed E-state index contributed by atoms with van der Waals surface area (Å²) in [5.41, 5.74) is -0.791. The average Bonchev–Trinajstić information content (AvgIpc) is 2.48. The highest BCUT2D eigenvalue weighted by molar-refractivity contribution is 8.01. The van der Waals surface area contributed by atoms with Gasteiger partial charge in [-0.2, -0.15) is 0 Å². The van der Waals surface area contributed by atoms with E-state index in [4.69, 9.17) is 0 Å². The maximum Gasteiger partial charge on any atom is 0.327 e. The Labute approximate surface area is 104 Å². The Kier molecular flexibility index (Phi) is 2.54. The molecule has 2 aliphatic rings. The standard InChI is InChI=1S/C11H16N2O3S/c1-5-12-11(4)8(16)13-6(7(14)15)10(2,3)17-9(11)13/h5-6,9H,1-4H3,(H,14,15)/t6-,9+,11-/m0/s1. The molecular weight excluding hydrogens is 240 g/mol. The van der Waals surface area contributed by atoms with Crippen LogP contribution in [0.3, 0.4) is 0 Å². The van der Waals surface area contributed by atoms with Crippen molar-refractivity contribution in [1.82, 2.24) is 4.90 Å². The van der Waals surface area contributed by atoms with Crippen LogP contribution in [0.25, 0.3) is 0 Å². The zero-order valence-electron chi connectivity index (χ0n) is 10.3. The second-order valence-electron chi connectivity index (χ2n) is 5.06. The highest BCUT2D eigenvalue weighted by atomic mass is 32.2. The highest BCUT2D eigenvalue weighted by Crippen LogP contribution is 2.55.